The summed E-state index contributed by atoms with van der Waals surface area (Å²) in [5, 5.41) is 17.0. The number of amides is 1. The molecule has 0 saturated carbocycles. The van der Waals surface area contributed by atoms with Crippen molar-refractivity contribution in [2.45, 2.75) is 45.3 Å². The number of benzene rings is 1. The molecule has 4 N–H and O–H groups in total. The molecule has 5 rings (SSSR count). The zero-order chi connectivity index (χ0) is 24.5. The third-order valence-corrected chi connectivity index (χ3v) is 6.43. The van der Waals surface area contributed by atoms with Crippen molar-refractivity contribution in [2.75, 3.05) is 11.9 Å². The average Bonchev–Trinajstić information content (AvgIpc) is 3.46. The molecule has 1 aliphatic rings. The Kier molecular flexibility index (Phi) is 6.08. The van der Waals surface area contributed by atoms with E-state index in [-0.39, 0.29) is 23.9 Å². The zero-order valence-electron chi connectivity index (χ0n) is 19.7. The molecule has 0 radical (unpaired) electrons. The molecule has 4 heterocycles. The minimum atomic E-state index is -0.610. The first-order valence-electron chi connectivity index (χ1n) is 11.7. The van der Waals surface area contributed by atoms with Crippen molar-refractivity contribution >= 4 is 22.6 Å². The largest absolute Gasteiger partial charge is 0.394 e. The highest BCUT2D eigenvalue weighted by atomic mass is 16.3. The maximum atomic E-state index is 13.3. The molecule has 180 valence electrons. The van der Waals surface area contributed by atoms with E-state index >= 15 is 0 Å². The van der Waals surface area contributed by atoms with Crippen LogP contribution in [-0.4, -0.2) is 37.1 Å². The number of carbonyl (C=O) groups excluding carboxylic acids is 1. The second-order valence-corrected chi connectivity index (χ2v) is 9.10. The van der Waals surface area contributed by atoms with Crippen LogP contribution in [0.25, 0.3) is 10.9 Å². The van der Waals surface area contributed by atoms with E-state index in [4.69, 9.17) is 0 Å². The fourth-order valence-electron chi connectivity index (χ4n) is 4.83. The molecule has 3 aromatic heterocycles. The SMILES string of the molecule is Cc1cc(C)cc([C@@H](CO)Nc2ncc3n(c2=O)[C@H](C(=O)NCc2cc4cnccc4[nH]2)CC3)c1. The van der Waals surface area contributed by atoms with E-state index in [1.54, 1.807) is 18.6 Å². The summed E-state index contributed by atoms with van der Waals surface area (Å²) < 4.78 is 1.52. The first-order chi connectivity index (χ1) is 16.9. The first-order valence-corrected chi connectivity index (χ1v) is 11.7. The normalized spacial score (nSPS) is 15.7. The molecular formula is C26H28N6O3. The van der Waals surface area contributed by atoms with Crippen LogP contribution in [0.15, 0.2) is 53.7 Å². The summed E-state index contributed by atoms with van der Waals surface area (Å²) in [6, 6.07) is 8.73. The van der Waals surface area contributed by atoms with E-state index in [0.717, 1.165) is 39.0 Å². The van der Waals surface area contributed by atoms with Gasteiger partial charge >= 0.3 is 0 Å². The number of nitrogens with zero attached hydrogens (tertiary/aromatic N) is 3. The van der Waals surface area contributed by atoms with Crippen molar-refractivity contribution in [1.29, 1.82) is 0 Å². The quantitative estimate of drug-likeness (QED) is 0.328. The number of carbonyl (C=O) groups is 1. The Hall–Kier alpha value is -3.98. The van der Waals surface area contributed by atoms with Crippen molar-refractivity contribution in [3.05, 3.63) is 87.4 Å². The summed E-state index contributed by atoms with van der Waals surface area (Å²) in [7, 11) is 0. The zero-order valence-corrected chi connectivity index (χ0v) is 19.7. The molecule has 9 heteroatoms. The number of aryl methyl sites for hydroxylation is 3. The van der Waals surface area contributed by atoms with Crippen LogP contribution >= 0.6 is 0 Å². The van der Waals surface area contributed by atoms with E-state index in [1.807, 2.05) is 38.1 Å². The standard InChI is InChI=1S/C26H28N6O3/c1-15-7-16(2)9-17(8-15)22(14-33)31-24-26(35)32-20(13-28-24)3-4-23(32)25(34)29-12-19-10-18-11-27-6-5-21(18)30-19/h5-11,13,22-23,30,33H,3-4,12,14H2,1-2H3,(H,28,31)(H,29,34)/t22-,23+/m1/s1. The van der Waals surface area contributed by atoms with Gasteiger partial charge in [-0.1, -0.05) is 29.3 Å². The number of anilines is 1. The Labute approximate surface area is 202 Å². The Morgan fingerprint density at radius 2 is 2.03 bits per heavy atom. The minimum Gasteiger partial charge on any atom is -0.394 e. The van der Waals surface area contributed by atoms with Crippen molar-refractivity contribution in [3.63, 3.8) is 0 Å². The molecule has 1 aliphatic heterocycles. The number of pyridine rings is 1. The lowest BCUT2D eigenvalue weighted by atomic mass is 10.0. The smallest absolute Gasteiger partial charge is 0.294 e. The monoisotopic (exact) mass is 472 g/mol. The number of H-pyrrole nitrogens is 1. The molecule has 0 aliphatic carbocycles. The van der Waals surface area contributed by atoms with Crippen LogP contribution < -0.4 is 16.2 Å². The van der Waals surface area contributed by atoms with Crippen LogP contribution in [0.4, 0.5) is 5.82 Å². The number of aromatic amines is 1. The molecule has 9 nitrogen and oxygen atoms in total. The van der Waals surface area contributed by atoms with Crippen molar-refractivity contribution in [1.82, 2.24) is 24.8 Å². The molecule has 2 atom stereocenters. The van der Waals surface area contributed by atoms with Gasteiger partial charge in [-0.25, -0.2) is 4.98 Å². The van der Waals surface area contributed by atoms with Crippen LogP contribution in [0.5, 0.6) is 0 Å². The van der Waals surface area contributed by atoms with Crippen LogP contribution in [0.1, 0.15) is 46.6 Å². The average molecular weight is 473 g/mol. The van der Waals surface area contributed by atoms with Gasteiger partial charge < -0.3 is 20.7 Å². The number of hydrogen-bond acceptors (Lipinski definition) is 6. The summed E-state index contributed by atoms with van der Waals surface area (Å²) in [4.78, 5) is 38.1. The van der Waals surface area contributed by atoms with Crippen LogP contribution in [0.3, 0.4) is 0 Å². The van der Waals surface area contributed by atoms with Gasteiger partial charge in [-0.15, -0.1) is 0 Å². The van der Waals surface area contributed by atoms with Gasteiger partial charge in [0.15, 0.2) is 5.82 Å². The van der Waals surface area contributed by atoms with Gasteiger partial charge in [0.05, 0.1) is 19.2 Å². The van der Waals surface area contributed by atoms with E-state index in [0.29, 0.717) is 19.4 Å². The third kappa shape index (κ3) is 4.54. The minimum absolute atomic E-state index is 0.120. The highest BCUT2D eigenvalue weighted by Crippen LogP contribution is 2.25. The summed E-state index contributed by atoms with van der Waals surface area (Å²) in [5.41, 5.74) is 5.20. The molecule has 0 fully saturated rings. The van der Waals surface area contributed by atoms with Crippen molar-refractivity contribution < 1.29 is 9.90 Å². The molecule has 0 saturated heterocycles. The molecular weight excluding hydrogens is 444 g/mol. The summed E-state index contributed by atoms with van der Waals surface area (Å²) in [6.07, 6.45) is 6.24. The van der Waals surface area contributed by atoms with Crippen LogP contribution in [0.2, 0.25) is 0 Å². The number of rotatable bonds is 7. The molecule has 0 spiro atoms. The Morgan fingerprint density at radius 1 is 1.23 bits per heavy atom. The van der Waals surface area contributed by atoms with Crippen LogP contribution in [-0.2, 0) is 17.8 Å². The predicted molar refractivity (Wildman–Crippen MR) is 133 cm³/mol. The van der Waals surface area contributed by atoms with Gasteiger partial charge in [0.25, 0.3) is 5.56 Å². The predicted octanol–water partition coefficient (Wildman–Crippen LogP) is 2.69. The highest BCUT2D eigenvalue weighted by Gasteiger charge is 2.31. The maximum Gasteiger partial charge on any atom is 0.294 e. The lowest BCUT2D eigenvalue weighted by Crippen LogP contribution is -2.36. The second kappa shape index (κ2) is 9.34. The van der Waals surface area contributed by atoms with Gasteiger partial charge in [0.2, 0.25) is 5.91 Å². The van der Waals surface area contributed by atoms with E-state index < -0.39 is 12.1 Å². The van der Waals surface area contributed by atoms with E-state index in [9.17, 15) is 14.7 Å². The maximum absolute atomic E-state index is 13.3. The van der Waals surface area contributed by atoms with Gasteiger partial charge in [0, 0.05) is 40.9 Å². The van der Waals surface area contributed by atoms with E-state index in [2.05, 4.69) is 31.7 Å². The van der Waals surface area contributed by atoms with Gasteiger partial charge in [-0.2, -0.15) is 0 Å². The number of fused-ring (bicyclic) bond motifs is 2. The lowest BCUT2D eigenvalue weighted by molar-refractivity contribution is -0.124. The van der Waals surface area contributed by atoms with Gasteiger partial charge in [-0.05, 0) is 44.4 Å². The van der Waals surface area contributed by atoms with Gasteiger partial charge in [-0.3, -0.25) is 19.1 Å². The van der Waals surface area contributed by atoms with Crippen molar-refractivity contribution in [3.8, 4) is 0 Å². The molecule has 1 aromatic carbocycles. The Bertz CT molecular complexity index is 1400. The summed E-state index contributed by atoms with van der Waals surface area (Å²) >= 11 is 0. The number of nitrogens with one attached hydrogen (secondary N) is 3. The molecule has 1 amide bonds. The van der Waals surface area contributed by atoms with Crippen molar-refractivity contribution in [2.24, 2.45) is 0 Å². The number of aliphatic hydroxyl groups excluding tert-OH is 1. The molecule has 35 heavy (non-hydrogen) atoms. The first kappa shape index (κ1) is 22.8. The Morgan fingerprint density at radius 3 is 2.77 bits per heavy atom. The van der Waals surface area contributed by atoms with Crippen LogP contribution in [0, 0.1) is 13.8 Å². The highest BCUT2D eigenvalue weighted by molar-refractivity contribution is 5.82. The fraction of sp³-hybridized carbons (Fsp3) is 0.308. The third-order valence-electron chi connectivity index (χ3n) is 6.43. The molecule has 0 bridgehead atoms. The molecule has 4 aromatic rings. The van der Waals surface area contributed by atoms with E-state index in [1.165, 1.54) is 4.57 Å². The topological polar surface area (TPSA) is 125 Å². The Balaban J connectivity index is 1.34. The molecule has 0 unspecified atom stereocenters. The lowest BCUT2D eigenvalue weighted by Gasteiger charge is -2.20. The fourth-order valence-corrected chi connectivity index (χ4v) is 4.83. The number of aromatic nitrogens is 4. The summed E-state index contributed by atoms with van der Waals surface area (Å²) in [6.45, 7) is 4.10. The summed E-state index contributed by atoms with van der Waals surface area (Å²) in [5.74, 6) is -0.0948. The second-order valence-electron chi connectivity index (χ2n) is 9.10. The number of aliphatic hydroxyl groups is 1. The van der Waals surface area contributed by atoms with Gasteiger partial charge in [0.1, 0.15) is 6.04 Å². The number of hydrogen-bond donors (Lipinski definition) is 4.